The van der Waals surface area contributed by atoms with E-state index < -0.39 is 10.0 Å². The summed E-state index contributed by atoms with van der Waals surface area (Å²) in [5.41, 5.74) is 0. The molecule has 2 rings (SSSR count). The lowest BCUT2D eigenvalue weighted by Gasteiger charge is -2.30. The molecule has 2 aliphatic rings. The predicted octanol–water partition coefficient (Wildman–Crippen LogP) is 4.99. The van der Waals surface area contributed by atoms with Gasteiger partial charge in [0.2, 0.25) is 0 Å². The van der Waals surface area contributed by atoms with Crippen molar-refractivity contribution in [2.45, 2.75) is 89.9 Å². The summed E-state index contributed by atoms with van der Waals surface area (Å²) in [5.74, 6) is 2.22. The zero-order chi connectivity index (χ0) is 15.2. The second-order valence-corrected chi connectivity index (χ2v) is 8.30. The van der Waals surface area contributed by atoms with Crippen LogP contribution < -0.4 is 0 Å². The number of hydrogen-bond acceptors (Lipinski definition) is 2. The molecule has 2 saturated carbocycles. The molecule has 0 bridgehead atoms. The normalized spacial score (nSPS) is 23.1. The van der Waals surface area contributed by atoms with Crippen molar-refractivity contribution in [3.05, 3.63) is 0 Å². The number of hydrogen-bond donors (Lipinski definition) is 0. The molecule has 2 aliphatic carbocycles. The van der Waals surface area contributed by atoms with E-state index in [0.717, 1.165) is 11.8 Å². The molecule has 0 radical (unpaired) electrons. The van der Waals surface area contributed by atoms with Crippen molar-refractivity contribution >= 4 is 10.0 Å². The Morgan fingerprint density at radius 1 is 0.524 bits per heavy atom. The smallest absolute Gasteiger partial charge is 0.303 e. The average molecular weight is 315 g/mol. The average Bonchev–Trinajstić information content (AvgIpc) is 2.41. The Balaban J connectivity index is 0.000000383. The van der Waals surface area contributed by atoms with E-state index in [9.17, 15) is 0 Å². The molecule has 21 heavy (non-hydrogen) atoms. The molecule has 2 nitrogen and oxygen atoms in total. The molecule has 126 valence electrons. The van der Waals surface area contributed by atoms with Gasteiger partial charge in [0, 0.05) is 14.2 Å². The highest BCUT2D eigenvalue weighted by molar-refractivity contribution is 6.17. The number of rotatable bonds is 3. The molecule has 0 spiro atoms. The first-order chi connectivity index (χ1) is 10.4. The van der Waals surface area contributed by atoms with E-state index in [1.165, 1.54) is 64.2 Å². The first-order valence-electron chi connectivity index (χ1n) is 9.36. The third-order valence-electron chi connectivity index (χ3n) is 5.20. The van der Waals surface area contributed by atoms with Crippen molar-refractivity contribution in [2.24, 2.45) is 11.8 Å². The predicted molar refractivity (Wildman–Crippen MR) is 94.2 cm³/mol. The van der Waals surface area contributed by atoms with Gasteiger partial charge in [-0.15, -0.1) is 0 Å². The van der Waals surface area contributed by atoms with Gasteiger partial charge >= 0.3 is 10.0 Å². The van der Waals surface area contributed by atoms with Crippen LogP contribution in [0.1, 0.15) is 89.9 Å². The van der Waals surface area contributed by atoms with Crippen LogP contribution in [0, 0.1) is 11.8 Å². The molecule has 0 heterocycles. The van der Waals surface area contributed by atoms with Gasteiger partial charge in [-0.2, -0.15) is 0 Å². The monoisotopic (exact) mass is 314 g/mol. The van der Waals surface area contributed by atoms with Gasteiger partial charge in [0.05, 0.1) is 0 Å². The highest BCUT2D eigenvalue weighted by Crippen LogP contribution is 2.35. The molecule has 0 saturated heterocycles. The van der Waals surface area contributed by atoms with Crippen molar-refractivity contribution < 1.29 is 8.85 Å². The van der Waals surface area contributed by atoms with Crippen LogP contribution >= 0.6 is 0 Å². The molecule has 0 aromatic rings. The quantitative estimate of drug-likeness (QED) is 0.684. The Labute approximate surface area is 135 Å². The summed E-state index contributed by atoms with van der Waals surface area (Å²) < 4.78 is 9.22. The lowest BCUT2D eigenvalue weighted by atomic mass is 9.76. The van der Waals surface area contributed by atoms with E-state index >= 15 is 0 Å². The van der Waals surface area contributed by atoms with Crippen LogP contribution in [0.15, 0.2) is 0 Å². The van der Waals surface area contributed by atoms with Gasteiger partial charge < -0.3 is 8.85 Å². The third kappa shape index (κ3) is 9.70. The van der Waals surface area contributed by atoms with Crippen LogP contribution in [-0.4, -0.2) is 24.2 Å². The highest BCUT2D eigenvalue weighted by atomic mass is 28.3. The van der Waals surface area contributed by atoms with E-state index in [2.05, 4.69) is 8.85 Å². The van der Waals surface area contributed by atoms with E-state index in [1.807, 2.05) is 0 Å². The molecule has 0 atom stereocenters. The minimum absolute atomic E-state index is 0.568. The summed E-state index contributed by atoms with van der Waals surface area (Å²) in [6, 6.07) is 0. The third-order valence-corrected chi connectivity index (χ3v) is 5.67. The van der Waals surface area contributed by atoms with Crippen LogP contribution in [-0.2, 0) is 8.85 Å². The van der Waals surface area contributed by atoms with Gasteiger partial charge in [-0.05, 0) is 11.8 Å². The van der Waals surface area contributed by atoms with E-state index in [-0.39, 0.29) is 0 Å². The van der Waals surface area contributed by atoms with Crippen LogP contribution in [0.3, 0.4) is 0 Å². The maximum Gasteiger partial charge on any atom is 0.303 e. The van der Waals surface area contributed by atoms with Crippen LogP contribution in [0.25, 0.3) is 0 Å². The van der Waals surface area contributed by atoms with E-state index in [0.29, 0.717) is 0 Å². The summed E-state index contributed by atoms with van der Waals surface area (Å²) >= 11 is 0. The van der Waals surface area contributed by atoms with Crippen molar-refractivity contribution in [1.29, 1.82) is 0 Å². The van der Waals surface area contributed by atoms with E-state index in [4.69, 9.17) is 0 Å². The Bertz CT molecular complexity index is 185. The molecule has 0 aliphatic heterocycles. The molecular formula is C18H38O2Si. The van der Waals surface area contributed by atoms with E-state index in [1.54, 1.807) is 39.9 Å². The van der Waals surface area contributed by atoms with Gasteiger partial charge in [0.1, 0.15) is 0 Å². The molecule has 0 N–H and O–H groups in total. The topological polar surface area (TPSA) is 18.5 Å². The minimum Gasteiger partial charge on any atom is -0.402 e. The lowest BCUT2D eigenvalue weighted by molar-refractivity contribution is 0.221. The summed E-state index contributed by atoms with van der Waals surface area (Å²) in [5, 5.41) is 0. The van der Waals surface area contributed by atoms with Crippen LogP contribution in [0.2, 0.25) is 0 Å². The molecule has 0 unspecified atom stereocenters. The molecule has 0 amide bonds. The second kappa shape index (κ2) is 13.8. The van der Waals surface area contributed by atoms with Crippen LogP contribution in [0.5, 0.6) is 0 Å². The summed E-state index contributed by atoms with van der Waals surface area (Å²) in [6.07, 6.45) is 21.4. The molecular weight excluding hydrogens is 276 g/mol. The van der Waals surface area contributed by atoms with Crippen molar-refractivity contribution in [2.75, 3.05) is 14.2 Å². The maximum atomic E-state index is 4.61. The standard InChI is InChI=1S/C16H30.C2H8O2Si/c1-3-7-11-15(12-8-4-1)16-13-9-5-2-6-10-14-16;1-3-5-4-2/h15-16H,1-14H2;5H2,1-2H3. The molecule has 0 aromatic heterocycles. The largest absolute Gasteiger partial charge is 0.402 e. The zero-order valence-electron chi connectivity index (χ0n) is 14.6. The second-order valence-electron chi connectivity index (χ2n) is 6.91. The summed E-state index contributed by atoms with van der Waals surface area (Å²) in [6.45, 7) is 0. The molecule has 3 heteroatoms. The van der Waals surface area contributed by atoms with Gasteiger partial charge in [-0.1, -0.05) is 89.9 Å². The fourth-order valence-corrected chi connectivity index (χ4v) is 4.27. The van der Waals surface area contributed by atoms with Crippen LogP contribution in [0.4, 0.5) is 0 Å². The van der Waals surface area contributed by atoms with Gasteiger partial charge in [-0.25, -0.2) is 0 Å². The Kier molecular flexibility index (Phi) is 12.6. The Morgan fingerprint density at radius 2 is 0.810 bits per heavy atom. The first-order valence-corrected chi connectivity index (χ1v) is 10.5. The molecule has 2 fully saturated rings. The van der Waals surface area contributed by atoms with Gasteiger partial charge in [-0.3, -0.25) is 0 Å². The first kappa shape index (κ1) is 19.2. The minimum atomic E-state index is -0.568. The Morgan fingerprint density at radius 3 is 1.05 bits per heavy atom. The van der Waals surface area contributed by atoms with Gasteiger partial charge in [0.15, 0.2) is 0 Å². The zero-order valence-corrected chi connectivity index (χ0v) is 16.0. The summed E-state index contributed by atoms with van der Waals surface area (Å²) in [7, 11) is 2.73. The van der Waals surface area contributed by atoms with Crippen molar-refractivity contribution in [3.63, 3.8) is 0 Å². The summed E-state index contributed by atoms with van der Waals surface area (Å²) in [4.78, 5) is 0. The van der Waals surface area contributed by atoms with Gasteiger partial charge in [0.25, 0.3) is 0 Å². The molecule has 0 aromatic carbocycles. The SMILES string of the molecule is C1CCCC(C2CCCCCCC2)CCC1.CO[SiH2]OC. The Hall–Kier alpha value is 0.137. The lowest BCUT2D eigenvalue weighted by Crippen LogP contribution is -2.17. The highest BCUT2D eigenvalue weighted by Gasteiger charge is 2.22. The fourth-order valence-electron chi connectivity index (χ4n) is 4.04. The fraction of sp³-hybridized carbons (Fsp3) is 1.00. The maximum absolute atomic E-state index is 4.61. The van der Waals surface area contributed by atoms with Crippen molar-refractivity contribution in [3.8, 4) is 0 Å². The van der Waals surface area contributed by atoms with Crippen molar-refractivity contribution in [1.82, 2.24) is 0 Å².